The molecule has 1 unspecified atom stereocenters. The van der Waals surface area contributed by atoms with Crippen LogP contribution in [0.4, 0.5) is 0 Å². The molecule has 1 amide bonds. The molecule has 1 atom stereocenters. The fraction of sp³-hybridized carbons (Fsp3) is 0.471. The lowest BCUT2D eigenvalue weighted by atomic mass is 10.1. The van der Waals surface area contributed by atoms with Crippen molar-refractivity contribution in [2.24, 2.45) is 5.73 Å². The highest BCUT2D eigenvalue weighted by Gasteiger charge is 2.09. The van der Waals surface area contributed by atoms with Crippen molar-refractivity contribution in [3.05, 3.63) is 29.2 Å². The molecule has 0 radical (unpaired) electrons. The summed E-state index contributed by atoms with van der Waals surface area (Å²) in [5.41, 5.74) is 6.76. The van der Waals surface area contributed by atoms with Crippen molar-refractivity contribution in [2.75, 3.05) is 0 Å². The number of hydrogen-bond acceptors (Lipinski definition) is 5. The van der Waals surface area contributed by atoms with Gasteiger partial charge < -0.3 is 21.3 Å². The average Bonchev–Trinajstić information content (AvgIpc) is 2.49. The molecule has 0 saturated heterocycles. The van der Waals surface area contributed by atoms with Crippen molar-refractivity contribution >= 4 is 23.4 Å². The summed E-state index contributed by atoms with van der Waals surface area (Å²) in [6, 6.07) is 4.25. The number of benzene rings is 1. The van der Waals surface area contributed by atoms with E-state index in [9.17, 15) is 15.0 Å². The summed E-state index contributed by atoms with van der Waals surface area (Å²) in [5, 5.41) is 23.5. The van der Waals surface area contributed by atoms with E-state index in [0.717, 1.165) is 25.7 Å². The molecule has 1 rings (SSSR count). The van der Waals surface area contributed by atoms with Crippen LogP contribution in [0.3, 0.4) is 0 Å². The van der Waals surface area contributed by atoms with E-state index >= 15 is 0 Å². The number of phenols is 2. The molecule has 0 aliphatic rings. The van der Waals surface area contributed by atoms with Crippen LogP contribution < -0.4 is 11.1 Å². The lowest BCUT2D eigenvalue weighted by Gasteiger charge is -2.12. The van der Waals surface area contributed by atoms with Gasteiger partial charge in [0.2, 0.25) is 5.91 Å². The van der Waals surface area contributed by atoms with Gasteiger partial charge in [0.25, 0.3) is 0 Å². The third-order valence-electron chi connectivity index (χ3n) is 3.31. The molecule has 5 N–H and O–H groups in total. The summed E-state index contributed by atoms with van der Waals surface area (Å²) < 4.78 is 0. The van der Waals surface area contributed by atoms with Crippen LogP contribution in [0.2, 0.25) is 0 Å². The van der Waals surface area contributed by atoms with Crippen LogP contribution in [0, 0.1) is 0 Å². The number of carbonyl (C=O) groups is 1. The number of hydrogen-bond donors (Lipinski definition) is 4. The monoisotopic (exact) mass is 338 g/mol. The Balaban J connectivity index is 2.44. The topological polar surface area (TPSA) is 95.6 Å². The molecule has 0 aliphatic heterocycles. The van der Waals surface area contributed by atoms with Gasteiger partial charge in [-0.25, -0.2) is 0 Å². The lowest BCUT2D eigenvalue weighted by Crippen LogP contribution is -2.29. The van der Waals surface area contributed by atoms with Gasteiger partial charge in [-0.15, -0.1) is 11.8 Å². The van der Waals surface area contributed by atoms with Crippen molar-refractivity contribution in [2.45, 2.75) is 51.3 Å². The number of rotatable bonds is 9. The minimum absolute atomic E-state index is 0.0181. The third-order valence-corrected chi connectivity index (χ3v) is 4.23. The molecule has 6 heteroatoms. The second-order valence-electron chi connectivity index (χ2n) is 5.43. The Kier molecular flexibility index (Phi) is 8.40. The number of phenolic OH excluding ortho intramolecular Hbond substituents is 2. The van der Waals surface area contributed by atoms with Gasteiger partial charge in [0.1, 0.15) is 11.5 Å². The fourth-order valence-corrected chi connectivity index (χ4v) is 2.73. The number of amides is 1. The molecule has 1 aromatic rings. The van der Waals surface area contributed by atoms with Gasteiger partial charge >= 0.3 is 0 Å². The molecule has 0 fully saturated rings. The maximum Gasteiger partial charge on any atom is 0.220 e. The molecule has 0 bridgehead atoms. The molecular formula is C17H26N2O3S. The SMILES string of the molecule is CCCCCCC(=O)NC(C)S/C=C(\N)c1ccc(O)cc1O. The van der Waals surface area contributed by atoms with E-state index in [2.05, 4.69) is 12.2 Å². The Morgan fingerprint density at radius 2 is 2.09 bits per heavy atom. The van der Waals surface area contributed by atoms with Gasteiger partial charge in [-0.3, -0.25) is 4.79 Å². The van der Waals surface area contributed by atoms with Crippen molar-refractivity contribution in [1.29, 1.82) is 0 Å². The van der Waals surface area contributed by atoms with Crippen LogP contribution in [0.1, 0.15) is 51.5 Å². The maximum absolute atomic E-state index is 11.8. The fourth-order valence-electron chi connectivity index (χ4n) is 2.05. The number of carbonyl (C=O) groups excluding carboxylic acids is 1. The summed E-state index contributed by atoms with van der Waals surface area (Å²) in [5.74, 6) is -0.0528. The first-order valence-corrected chi connectivity index (χ1v) is 8.81. The van der Waals surface area contributed by atoms with Gasteiger partial charge in [-0.2, -0.15) is 0 Å². The molecule has 0 spiro atoms. The van der Waals surface area contributed by atoms with Crippen LogP contribution in [0.15, 0.2) is 23.6 Å². The van der Waals surface area contributed by atoms with E-state index < -0.39 is 0 Å². The number of thioether (sulfide) groups is 1. The lowest BCUT2D eigenvalue weighted by molar-refractivity contribution is -0.121. The van der Waals surface area contributed by atoms with Crippen LogP contribution in [-0.4, -0.2) is 21.5 Å². The van der Waals surface area contributed by atoms with Crippen molar-refractivity contribution in [1.82, 2.24) is 5.32 Å². The molecule has 0 aromatic heterocycles. The van der Waals surface area contributed by atoms with Gasteiger partial charge in [0, 0.05) is 23.7 Å². The number of nitrogens with two attached hydrogens (primary N) is 1. The van der Waals surface area contributed by atoms with Gasteiger partial charge in [-0.05, 0) is 30.9 Å². The summed E-state index contributed by atoms with van der Waals surface area (Å²) in [6.07, 6.45) is 4.85. The summed E-state index contributed by atoms with van der Waals surface area (Å²) in [6.45, 7) is 4.02. The minimum atomic E-state index is -0.105. The first kappa shape index (κ1) is 19.2. The smallest absolute Gasteiger partial charge is 0.220 e. The molecule has 0 heterocycles. The molecule has 0 saturated carbocycles. The van der Waals surface area contributed by atoms with Gasteiger partial charge in [0.05, 0.1) is 5.37 Å². The zero-order valence-electron chi connectivity index (χ0n) is 13.7. The molecule has 23 heavy (non-hydrogen) atoms. The number of aromatic hydroxyl groups is 2. The van der Waals surface area contributed by atoms with E-state index in [4.69, 9.17) is 5.73 Å². The number of nitrogens with one attached hydrogen (secondary N) is 1. The largest absolute Gasteiger partial charge is 0.508 e. The zero-order chi connectivity index (χ0) is 17.2. The minimum Gasteiger partial charge on any atom is -0.508 e. The van der Waals surface area contributed by atoms with E-state index in [1.165, 1.54) is 23.9 Å². The third kappa shape index (κ3) is 7.32. The molecule has 0 aliphatic carbocycles. The summed E-state index contributed by atoms with van der Waals surface area (Å²) >= 11 is 1.37. The maximum atomic E-state index is 11.8. The van der Waals surface area contributed by atoms with E-state index in [-0.39, 0.29) is 22.8 Å². The first-order valence-electron chi connectivity index (χ1n) is 7.86. The van der Waals surface area contributed by atoms with Gasteiger partial charge in [-0.1, -0.05) is 26.2 Å². The van der Waals surface area contributed by atoms with Gasteiger partial charge in [0.15, 0.2) is 0 Å². The standard InChI is InChI=1S/C17H26N2O3S/c1-3-4-5-6-7-17(22)19-12(2)23-11-15(18)14-9-8-13(20)10-16(14)21/h8-12,20-21H,3-7,18H2,1-2H3,(H,19,22)/b15-11-. The Morgan fingerprint density at radius 3 is 2.74 bits per heavy atom. The molecule has 128 valence electrons. The summed E-state index contributed by atoms with van der Waals surface area (Å²) in [7, 11) is 0. The Hall–Kier alpha value is -1.82. The molecular weight excluding hydrogens is 312 g/mol. The van der Waals surface area contributed by atoms with Crippen molar-refractivity contribution in [3.63, 3.8) is 0 Å². The quantitative estimate of drug-likeness (QED) is 0.408. The average molecular weight is 338 g/mol. The second-order valence-corrected chi connectivity index (χ2v) is 6.65. The van der Waals surface area contributed by atoms with E-state index in [1.807, 2.05) is 6.92 Å². The molecule has 5 nitrogen and oxygen atoms in total. The Labute approximate surface area is 142 Å². The van der Waals surface area contributed by atoms with Crippen molar-refractivity contribution < 1.29 is 15.0 Å². The van der Waals surface area contributed by atoms with Crippen LogP contribution >= 0.6 is 11.8 Å². The first-order chi connectivity index (χ1) is 10.9. The van der Waals surface area contributed by atoms with Crippen LogP contribution in [0.5, 0.6) is 11.5 Å². The Morgan fingerprint density at radius 1 is 1.35 bits per heavy atom. The predicted molar refractivity (Wildman–Crippen MR) is 95.9 cm³/mol. The normalized spacial score (nSPS) is 12.9. The second kappa shape index (κ2) is 10.0. The highest BCUT2D eigenvalue weighted by molar-refractivity contribution is 8.02. The summed E-state index contributed by atoms with van der Waals surface area (Å²) in [4.78, 5) is 11.8. The number of unbranched alkanes of at least 4 members (excludes halogenated alkanes) is 3. The van der Waals surface area contributed by atoms with E-state index in [0.29, 0.717) is 17.7 Å². The van der Waals surface area contributed by atoms with Crippen LogP contribution in [0.25, 0.3) is 5.70 Å². The van der Waals surface area contributed by atoms with Crippen LogP contribution in [-0.2, 0) is 4.79 Å². The highest BCUT2D eigenvalue weighted by atomic mass is 32.2. The zero-order valence-corrected chi connectivity index (χ0v) is 14.5. The Bertz CT molecular complexity index is 547. The molecule has 1 aromatic carbocycles. The highest BCUT2D eigenvalue weighted by Crippen LogP contribution is 2.28. The van der Waals surface area contributed by atoms with E-state index in [1.54, 1.807) is 11.5 Å². The van der Waals surface area contributed by atoms with Crippen molar-refractivity contribution in [3.8, 4) is 11.5 Å². The predicted octanol–water partition coefficient (Wildman–Crippen LogP) is 3.52.